The maximum absolute atomic E-state index is 12.5. The highest BCUT2D eigenvalue weighted by molar-refractivity contribution is 5.76. The van der Waals surface area contributed by atoms with Gasteiger partial charge in [-0.1, -0.05) is 13.8 Å². The molecule has 22 heavy (non-hydrogen) atoms. The Hall–Kier alpha value is -2.18. The monoisotopic (exact) mass is 303 g/mol. The lowest BCUT2D eigenvalue weighted by molar-refractivity contribution is -0.134. The van der Waals surface area contributed by atoms with Crippen molar-refractivity contribution in [3.8, 4) is 0 Å². The van der Waals surface area contributed by atoms with Gasteiger partial charge in [0.2, 0.25) is 5.91 Å². The van der Waals surface area contributed by atoms with Gasteiger partial charge in [0.15, 0.2) is 11.2 Å². The second-order valence-electron chi connectivity index (χ2n) is 6.45. The highest BCUT2D eigenvalue weighted by atomic mass is 16.2. The first kappa shape index (κ1) is 14.7. The Bertz CT molecular complexity index is 753. The van der Waals surface area contributed by atoms with Crippen LogP contribution in [0.15, 0.2) is 17.4 Å². The van der Waals surface area contributed by atoms with Crippen molar-refractivity contribution in [1.29, 1.82) is 0 Å². The standard InChI is InChI=1S/C15H21N5O2/c1-10-4-11(2)6-19(5-10)12(21)7-20-9-17-14-13(15(20)22)16-8-18(14)3/h8-11H,4-7H2,1-3H3. The molecule has 118 valence electrons. The molecule has 2 aromatic heterocycles. The van der Waals surface area contributed by atoms with E-state index in [9.17, 15) is 9.59 Å². The molecule has 0 N–H and O–H groups in total. The van der Waals surface area contributed by atoms with Gasteiger partial charge in [0, 0.05) is 20.1 Å². The van der Waals surface area contributed by atoms with E-state index in [1.54, 1.807) is 17.9 Å². The molecule has 0 aliphatic carbocycles. The predicted octanol–water partition coefficient (Wildman–Crippen LogP) is 0.635. The van der Waals surface area contributed by atoms with E-state index in [0.717, 1.165) is 19.5 Å². The van der Waals surface area contributed by atoms with Crippen LogP contribution >= 0.6 is 0 Å². The Morgan fingerprint density at radius 2 is 1.91 bits per heavy atom. The minimum absolute atomic E-state index is 0.0256. The van der Waals surface area contributed by atoms with E-state index >= 15 is 0 Å². The van der Waals surface area contributed by atoms with E-state index in [1.165, 1.54) is 10.9 Å². The van der Waals surface area contributed by atoms with Gasteiger partial charge in [-0.05, 0) is 18.3 Å². The topological polar surface area (TPSA) is 73.0 Å². The lowest BCUT2D eigenvalue weighted by Gasteiger charge is -2.35. The molecule has 0 aromatic carbocycles. The fraction of sp³-hybridized carbons (Fsp3) is 0.600. The van der Waals surface area contributed by atoms with Crippen molar-refractivity contribution in [3.05, 3.63) is 23.0 Å². The average molecular weight is 303 g/mol. The van der Waals surface area contributed by atoms with Gasteiger partial charge in [-0.25, -0.2) is 9.97 Å². The Labute approximate surface area is 128 Å². The summed E-state index contributed by atoms with van der Waals surface area (Å²) in [5.41, 5.74) is 0.573. The molecule has 7 nitrogen and oxygen atoms in total. The van der Waals surface area contributed by atoms with Crippen molar-refractivity contribution in [2.75, 3.05) is 13.1 Å². The second kappa shape index (κ2) is 5.55. The molecule has 1 aliphatic rings. The Kier molecular flexibility index (Phi) is 3.72. The van der Waals surface area contributed by atoms with Crippen LogP contribution in [0.1, 0.15) is 20.3 Å². The smallest absolute Gasteiger partial charge is 0.281 e. The van der Waals surface area contributed by atoms with Crippen molar-refractivity contribution < 1.29 is 4.79 Å². The van der Waals surface area contributed by atoms with Gasteiger partial charge in [-0.3, -0.25) is 14.2 Å². The van der Waals surface area contributed by atoms with Crippen molar-refractivity contribution in [1.82, 2.24) is 24.0 Å². The summed E-state index contributed by atoms with van der Waals surface area (Å²) in [5, 5.41) is 0. The fourth-order valence-electron chi connectivity index (χ4n) is 3.26. The van der Waals surface area contributed by atoms with Gasteiger partial charge in [0.25, 0.3) is 5.56 Å². The third-order valence-electron chi connectivity index (χ3n) is 4.22. The Morgan fingerprint density at radius 3 is 2.59 bits per heavy atom. The third-order valence-corrected chi connectivity index (χ3v) is 4.22. The largest absolute Gasteiger partial charge is 0.341 e. The molecule has 0 spiro atoms. The summed E-state index contributed by atoms with van der Waals surface area (Å²) in [4.78, 5) is 35.0. The summed E-state index contributed by atoms with van der Waals surface area (Å²) in [6.07, 6.45) is 4.13. The van der Waals surface area contributed by atoms with Crippen LogP contribution in [-0.4, -0.2) is 43.0 Å². The van der Waals surface area contributed by atoms with Gasteiger partial charge in [0.1, 0.15) is 12.9 Å². The van der Waals surface area contributed by atoms with E-state index in [-0.39, 0.29) is 18.0 Å². The minimum atomic E-state index is -0.267. The van der Waals surface area contributed by atoms with Crippen molar-refractivity contribution in [3.63, 3.8) is 0 Å². The third kappa shape index (κ3) is 2.63. The molecule has 7 heteroatoms. The van der Waals surface area contributed by atoms with E-state index in [0.29, 0.717) is 23.0 Å². The summed E-state index contributed by atoms with van der Waals surface area (Å²) < 4.78 is 3.04. The molecule has 1 aliphatic heterocycles. The molecule has 0 bridgehead atoms. The fourth-order valence-corrected chi connectivity index (χ4v) is 3.26. The quantitative estimate of drug-likeness (QED) is 0.816. The number of imidazole rings is 1. The van der Waals surface area contributed by atoms with Crippen LogP contribution in [0.5, 0.6) is 0 Å². The molecule has 2 unspecified atom stereocenters. The summed E-state index contributed by atoms with van der Waals surface area (Å²) in [5.74, 6) is 0.971. The predicted molar refractivity (Wildman–Crippen MR) is 82.3 cm³/mol. The normalized spacial score (nSPS) is 22.2. The van der Waals surface area contributed by atoms with Gasteiger partial charge >= 0.3 is 0 Å². The zero-order valence-electron chi connectivity index (χ0n) is 13.2. The molecule has 1 saturated heterocycles. The molecular formula is C15H21N5O2. The van der Waals surface area contributed by atoms with Crippen LogP contribution in [0, 0.1) is 11.8 Å². The van der Waals surface area contributed by atoms with Crippen LogP contribution in [-0.2, 0) is 18.4 Å². The Morgan fingerprint density at radius 1 is 1.23 bits per heavy atom. The van der Waals surface area contributed by atoms with Gasteiger partial charge in [-0.2, -0.15) is 0 Å². The number of amides is 1. The zero-order chi connectivity index (χ0) is 15.9. The number of nitrogens with zero attached hydrogens (tertiary/aromatic N) is 5. The number of rotatable bonds is 2. The maximum atomic E-state index is 12.5. The SMILES string of the molecule is CC1CC(C)CN(C(=O)Cn2cnc3c(ncn3C)c2=O)C1. The van der Waals surface area contributed by atoms with Crippen LogP contribution in [0.3, 0.4) is 0 Å². The molecule has 3 heterocycles. The van der Waals surface area contributed by atoms with Crippen molar-refractivity contribution in [2.45, 2.75) is 26.8 Å². The van der Waals surface area contributed by atoms with Crippen LogP contribution in [0.25, 0.3) is 11.2 Å². The summed E-state index contributed by atoms with van der Waals surface area (Å²) in [7, 11) is 1.79. The Balaban J connectivity index is 1.82. The molecular weight excluding hydrogens is 282 g/mol. The molecule has 1 amide bonds. The lowest BCUT2D eigenvalue weighted by Crippen LogP contribution is -2.44. The van der Waals surface area contributed by atoms with Gasteiger partial charge in [0.05, 0.1) is 6.33 Å². The lowest BCUT2D eigenvalue weighted by atomic mass is 9.92. The first-order valence-corrected chi connectivity index (χ1v) is 7.60. The van der Waals surface area contributed by atoms with E-state index in [1.807, 2.05) is 4.90 Å². The molecule has 1 fully saturated rings. The van der Waals surface area contributed by atoms with E-state index in [2.05, 4.69) is 23.8 Å². The summed E-state index contributed by atoms with van der Waals surface area (Å²) >= 11 is 0. The number of hydrogen-bond acceptors (Lipinski definition) is 4. The van der Waals surface area contributed by atoms with Crippen LogP contribution in [0.2, 0.25) is 0 Å². The van der Waals surface area contributed by atoms with Gasteiger partial charge in [-0.15, -0.1) is 0 Å². The highest BCUT2D eigenvalue weighted by Gasteiger charge is 2.25. The number of carbonyl (C=O) groups excluding carboxylic acids is 1. The van der Waals surface area contributed by atoms with E-state index in [4.69, 9.17) is 0 Å². The van der Waals surface area contributed by atoms with Crippen molar-refractivity contribution in [2.24, 2.45) is 18.9 Å². The highest BCUT2D eigenvalue weighted by Crippen LogP contribution is 2.21. The maximum Gasteiger partial charge on any atom is 0.281 e. The summed E-state index contributed by atoms with van der Waals surface area (Å²) in [6, 6.07) is 0. The van der Waals surface area contributed by atoms with Crippen molar-refractivity contribution >= 4 is 17.1 Å². The molecule has 2 aromatic rings. The molecule has 2 atom stereocenters. The number of hydrogen-bond donors (Lipinski definition) is 0. The average Bonchev–Trinajstić information content (AvgIpc) is 2.83. The van der Waals surface area contributed by atoms with Crippen LogP contribution in [0.4, 0.5) is 0 Å². The minimum Gasteiger partial charge on any atom is -0.341 e. The number of aryl methyl sites for hydroxylation is 1. The number of carbonyl (C=O) groups is 1. The van der Waals surface area contributed by atoms with Gasteiger partial charge < -0.3 is 9.47 Å². The zero-order valence-corrected chi connectivity index (χ0v) is 13.2. The number of piperidine rings is 1. The summed E-state index contributed by atoms with van der Waals surface area (Å²) in [6.45, 7) is 5.86. The molecule has 3 rings (SSSR count). The second-order valence-corrected chi connectivity index (χ2v) is 6.45. The number of aromatic nitrogens is 4. The first-order chi connectivity index (χ1) is 10.5. The molecule has 0 radical (unpaired) electrons. The number of fused-ring (bicyclic) bond motifs is 1. The van der Waals surface area contributed by atoms with E-state index < -0.39 is 0 Å². The van der Waals surface area contributed by atoms with Crippen LogP contribution < -0.4 is 5.56 Å². The first-order valence-electron chi connectivity index (χ1n) is 7.60. The molecule has 0 saturated carbocycles. The number of likely N-dealkylation sites (tertiary alicyclic amines) is 1.